The number of hydrogen-bond donors (Lipinski definition) is 4. The molecule has 0 spiro atoms. The Morgan fingerprint density at radius 1 is 1.27 bits per heavy atom. The molecule has 15 heavy (non-hydrogen) atoms. The first-order chi connectivity index (χ1) is 6.74. The van der Waals surface area contributed by atoms with Crippen molar-refractivity contribution in [3.05, 3.63) is 27.1 Å². The molecule has 0 heterocycles. The molecule has 9 heteroatoms. The predicted octanol–water partition coefficient (Wildman–Crippen LogP) is 1.84. The van der Waals surface area contributed by atoms with Crippen molar-refractivity contribution >= 4 is 47.9 Å². The lowest BCUT2D eigenvalue weighted by Gasteiger charge is -2.01. The van der Waals surface area contributed by atoms with Gasteiger partial charge in [0.25, 0.3) is 0 Å². The molecule has 1 aromatic carbocycles. The molecule has 6 nitrogen and oxygen atoms in total. The van der Waals surface area contributed by atoms with Crippen LogP contribution in [-0.4, -0.2) is 17.5 Å². The van der Waals surface area contributed by atoms with E-state index in [-0.39, 0.29) is 0 Å². The first-order valence-electron chi connectivity index (χ1n) is 3.35. The van der Waals surface area contributed by atoms with Gasteiger partial charge >= 0.3 is 10.4 Å². The van der Waals surface area contributed by atoms with Crippen molar-refractivity contribution in [2.75, 3.05) is 5.43 Å². The van der Waals surface area contributed by atoms with Gasteiger partial charge in [0.05, 0.1) is 5.69 Å². The van der Waals surface area contributed by atoms with Crippen molar-refractivity contribution in [1.82, 2.24) is 0 Å². The Morgan fingerprint density at radius 2 is 1.73 bits per heavy atom. The SMILES string of the molecule is NNc1ccc(Br)cc1Br.O=S(=O)(O)O. The van der Waals surface area contributed by atoms with Gasteiger partial charge in [0.15, 0.2) is 0 Å². The molecule has 0 aliphatic rings. The highest BCUT2D eigenvalue weighted by molar-refractivity contribution is 9.11. The zero-order valence-electron chi connectivity index (χ0n) is 7.18. The highest BCUT2D eigenvalue weighted by Crippen LogP contribution is 2.24. The number of halogens is 2. The van der Waals surface area contributed by atoms with Crippen LogP contribution in [0.1, 0.15) is 0 Å². The molecular formula is C6H8Br2N2O4S. The molecule has 0 atom stereocenters. The van der Waals surface area contributed by atoms with E-state index in [1.807, 2.05) is 18.2 Å². The van der Waals surface area contributed by atoms with Crippen molar-refractivity contribution in [2.24, 2.45) is 5.84 Å². The third kappa shape index (κ3) is 8.78. The second-order valence-electron chi connectivity index (χ2n) is 2.22. The van der Waals surface area contributed by atoms with Gasteiger partial charge in [-0.3, -0.25) is 14.9 Å². The fourth-order valence-electron chi connectivity index (χ4n) is 0.607. The minimum atomic E-state index is -4.67. The summed E-state index contributed by atoms with van der Waals surface area (Å²) >= 11 is 6.66. The van der Waals surface area contributed by atoms with Crippen LogP contribution in [0.25, 0.3) is 0 Å². The van der Waals surface area contributed by atoms with E-state index in [4.69, 9.17) is 23.4 Å². The third-order valence-corrected chi connectivity index (χ3v) is 2.24. The largest absolute Gasteiger partial charge is 0.394 e. The lowest BCUT2D eigenvalue weighted by atomic mass is 10.3. The van der Waals surface area contributed by atoms with Crippen LogP contribution < -0.4 is 11.3 Å². The topological polar surface area (TPSA) is 113 Å². The zero-order chi connectivity index (χ0) is 12.1. The average Bonchev–Trinajstić information content (AvgIpc) is 2.01. The van der Waals surface area contributed by atoms with Crippen LogP contribution in [-0.2, 0) is 10.4 Å². The lowest BCUT2D eigenvalue weighted by Crippen LogP contribution is -2.06. The van der Waals surface area contributed by atoms with Gasteiger partial charge in [-0.25, -0.2) is 0 Å². The van der Waals surface area contributed by atoms with Gasteiger partial charge in [0, 0.05) is 8.95 Å². The molecule has 0 aliphatic carbocycles. The highest BCUT2D eigenvalue weighted by Gasteiger charge is 1.95. The van der Waals surface area contributed by atoms with E-state index in [9.17, 15) is 0 Å². The highest BCUT2D eigenvalue weighted by atomic mass is 79.9. The van der Waals surface area contributed by atoms with Gasteiger partial charge < -0.3 is 5.43 Å². The number of hydrogen-bond acceptors (Lipinski definition) is 4. The zero-order valence-corrected chi connectivity index (χ0v) is 11.2. The van der Waals surface area contributed by atoms with Crippen molar-refractivity contribution in [1.29, 1.82) is 0 Å². The number of nitrogen functional groups attached to an aromatic ring is 1. The van der Waals surface area contributed by atoms with E-state index in [0.717, 1.165) is 14.6 Å². The van der Waals surface area contributed by atoms with Crippen LogP contribution in [0.2, 0.25) is 0 Å². The summed E-state index contributed by atoms with van der Waals surface area (Å²) in [4.78, 5) is 0. The van der Waals surface area contributed by atoms with Crippen molar-refractivity contribution in [3.8, 4) is 0 Å². The summed E-state index contributed by atoms with van der Waals surface area (Å²) in [6.07, 6.45) is 0. The second-order valence-corrected chi connectivity index (χ2v) is 4.88. The number of benzene rings is 1. The number of anilines is 1. The van der Waals surface area contributed by atoms with Gasteiger partial charge in [-0.15, -0.1) is 0 Å². The average molecular weight is 364 g/mol. The Hall–Kier alpha value is -0.190. The molecule has 0 radical (unpaired) electrons. The fraction of sp³-hybridized carbons (Fsp3) is 0. The maximum Gasteiger partial charge on any atom is 0.394 e. The number of nitrogens with one attached hydrogen (secondary N) is 1. The van der Waals surface area contributed by atoms with Crippen molar-refractivity contribution in [3.63, 3.8) is 0 Å². The second kappa shape index (κ2) is 6.40. The van der Waals surface area contributed by atoms with Crippen LogP contribution in [0.5, 0.6) is 0 Å². The maximum absolute atomic E-state index is 8.74. The molecule has 0 fully saturated rings. The monoisotopic (exact) mass is 362 g/mol. The van der Waals surface area contributed by atoms with Gasteiger partial charge in [-0.2, -0.15) is 8.42 Å². The van der Waals surface area contributed by atoms with E-state index in [2.05, 4.69) is 37.3 Å². The summed E-state index contributed by atoms with van der Waals surface area (Å²) in [6, 6.07) is 5.73. The Kier molecular flexibility index (Phi) is 6.32. The van der Waals surface area contributed by atoms with Crippen LogP contribution in [0.3, 0.4) is 0 Å². The Labute approximate surface area is 104 Å². The van der Waals surface area contributed by atoms with Crippen LogP contribution >= 0.6 is 31.9 Å². The van der Waals surface area contributed by atoms with E-state index in [0.29, 0.717) is 0 Å². The number of nitrogens with two attached hydrogens (primary N) is 1. The molecule has 0 saturated heterocycles. The summed E-state index contributed by atoms with van der Waals surface area (Å²) in [7, 11) is -4.67. The van der Waals surface area contributed by atoms with Crippen molar-refractivity contribution in [2.45, 2.75) is 0 Å². The van der Waals surface area contributed by atoms with E-state index < -0.39 is 10.4 Å². The first-order valence-corrected chi connectivity index (χ1v) is 6.34. The Bertz CT molecular complexity index is 415. The summed E-state index contributed by atoms with van der Waals surface area (Å²) in [5, 5.41) is 0. The van der Waals surface area contributed by atoms with E-state index >= 15 is 0 Å². The van der Waals surface area contributed by atoms with E-state index in [1.54, 1.807) is 0 Å². The molecular weight excluding hydrogens is 356 g/mol. The molecule has 0 saturated carbocycles. The minimum Gasteiger partial charge on any atom is -0.323 e. The number of hydrazine groups is 1. The maximum atomic E-state index is 8.74. The first kappa shape index (κ1) is 14.8. The Morgan fingerprint density at radius 3 is 2.07 bits per heavy atom. The van der Waals surface area contributed by atoms with Gasteiger partial charge in [0.2, 0.25) is 0 Å². The van der Waals surface area contributed by atoms with Gasteiger partial charge in [-0.05, 0) is 34.1 Å². The molecule has 0 amide bonds. The lowest BCUT2D eigenvalue weighted by molar-refractivity contribution is 0.381. The number of rotatable bonds is 1. The van der Waals surface area contributed by atoms with Crippen LogP contribution in [0.15, 0.2) is 27.1 Å². The minimum absolute atomic E-state index is 0.878. The van der Waals surface area contributed by atoms with Gasteiger partial charge in [-0.1, -0.05) is 15.9 Å². The third-order valence-electron chi connectivity index (χ3n) is 1.09. The summed E-state index contributed by atoms with van der Waals surface area (Å²) in [5.74, 6) is 5.21. The Balaban J connectivity index is 0.000000336. The molecule has 1 rings (SSSR count). The molecule has 86 valence electrons. The molecule has 1 aromatic rings. The van der Waals surface area contributed by atoms with Crippen molar-refractivity contribution < 1.29 is 17.5 Å². The van der Waals surface area contributed by atoms with Gasteiger partial charge in [0.1, 0.15) is 0 Å². The predicted molar refractivity (Wildman–Crippen MR) is 63.8 cm³/mol. The molecule has 0 bridgehead atoms. The standard InChI is InChI=1S/C6H6Br2N2.H2O4S/c7-4-1-2-6(10-9)5(8)3-4;1-5(2,3)4/h1-3,10H,9H2;(H2,1,2,3,4). The normalized spacial score (nSPS) is 10.2. The molecule has 5 N–H and O–H groups in total. The molecule has 0 unspecified atom stereocenters. The summed E-state index contributed by atoms with van der Waals surface area (Å²) in [6.45, 7) is 0. The van der Waals surface area contributed by atoms with Crippen LogP contribution in [0.4, 0.5) is 5.69 Å². The quantitative estimate of drug-likeness (QED) is 0.344. The molecule has 0 aliphatic heterocycles. The smallest absolute Gasteiger partial charge is 0.323 e. The van der Waals surface area contributed by atoms with Crippen LogP contribution in [0, 0.1) is 0 Å². The molecule has 0 aromatic heterocycles. The summed E-state index contributed by atoms with van der Waals surface area (Å²) in [5.41, 5.74) is 3.43. The van der Waals surface area contributed by atoms with E-state index in [1.165, 1.54) is 0 Å². The fourth-order valence-corrected chi connectivity index (χ4v) is 1.77. The summed E-state index contributed by atoms with van der Waals surface area (Å²) < 4.78 is 33.6.